The Bertz CT molecular complexity index is 761. The summed E-state index contributed by atoms with van der Waals surface area (Å²) in [6.07, 6.45) is 34.2. The quantitative estimate of drug-likeness (QED) is 0.0292. The van der Waals surface area contributed by atoms with Gasteiger partial charge < -0.3 is 18.9 Å². The largest absolute Gasteiger partial charge is 0.472 e. The van der Waals surface area contributed by atoms with Crippen molar-refractivity contribution in [3.05, 3.63) is 0 Å². The maximum absolute atomic E-state index is 12.4. The smallest absolute Gasteiger partial charge is 0.463 e. The van der Waals surface area contributed by atoms with E-state index in [1.807, 2.05) is 21.1 Å². The number of nitrogens with zero attached hydrogens (tertiary/aromatic N) is 1. The van der Waals surface area contributed by atoms with E-state index >= 15 is 0 Å². The topological polar surface area (TPSA) is 91.3 Å². The number of rotatable bonds is 39. The molecule has 294 valence electrons. The number of carbonyl (C=O) groups excluding carboxylic acids is 1. The van der Waals surface area contributed by atoms with Gasteiger partial charge in [0.2, 0.25) is 0 Å². The molecule has 2 atom stereocenters. The number of ether oxygens (including phenoxy) is 2. The average molecular weight is 721 g/mol. The lowest BCUT2D eigenvalue weighted by Crippen LogP contribution is -2.37. The van der Waals surface area contributed by atoms with Gasteiger partial charge in [0.05, 0.1) is 27.7 Å². The van der Waals surface area contributed by atoms with E-state index in [-0.39, 0.29) is 25.8 Å². The Morgan fingerprint density at radius 1 is 0.551 bits per heavy atom. The molecule has 0 aliphatic rings. The summed E-state index contributed by atoms with van der Waals surface area (Å²) >= 11 is 0. The third-order valence-electron chi connectivity index (χ3n) is 9.21. The van der Waals surface area contributed by atoms with Crippen molar-refractivity contribution in [3.8, 4) is 0 Å². The second-order valence-corrected chi connectivity index (χ2v) is 16.8. The third-order valence-corrected chi connectivity index (χ3v) is 10.2. The number of hydrogen-bond acceptors (Lipinski definition) is 6. The molecule has 0 fully saturated rings. The number of hydrogen-bond donors (Lipinski definition) is 1. The number of carbonyl (C=O) groups is 1. The average Bonchev–Trinajstić information content (AvgIpc) is 3.05. The summed E-state index contributed by atoms with van der Waals surface area (Å²) < 4.78 is 35.0. The Labute approximate surface area is 304 Å². The van der Waals surface area contributed by atoms with Crippen molar-refractivity contribution in [2.75, 3.05) is 54.1 Å². The van der Waals surface area contributed by atoms with E-state index in [0.717, 1.165) is 32.1 Å². The van der Waals surface area contributed by atoms with E-state index in [1.165, 1.54) is 141 Å². The van der Waals surface area contributed by atoms with Crippen LogP contribution in [0.4, 0.5) is 0 Å². The van der Waals surface area contributed by atoms with Gasteiger partial charge >= 0.3 is 13.8 Å². The molecule has 0 heterocycles. The number of esters is 1. The highest BCUT2D eigenvalue weighted by Gasteiger charge is 2.25. The Hall–Kier alpha value is -0.500. The van der Waals surface area contributed by atoms with Crippen LogP contribution in [0, 0.1) is 0 Å². The van der Waals surface area contributed by atoms with E-state index < -0.39 is 13.9 Å². The second-order valence-electron chi connectivity index (χ2n) is 15.4. The van der Waals surface area contributed by atoms with Gasteiger partial charge in [-0.1, -0.05) is 174 Å². The summed E-state index contributed by atoms with van der Waals surface area (Å²) in [6.45, 7) is 5.55. The molecule has 0 radical (unpaired) electrons. The molecule has 8 nitrogen and oxygen atoms in total. The van der Waals surface area contributed by atoms with Crippen LogP contribution in [-0.2, 0) is 27.9 Å². The summed E-state index contributed by atoms with van der Waals surface area (Å²) in [6, 6.07) is 0. The fourth-order valence-corrected chi connectivity index (χ4v) is 6.62. The van der Waals surface area contributed by atoms with Gasteiger partial charge in [0.15, 0.2) is 0 Å². The Morgan fingerprint density at radius 2 is 0.939 bits per heavy atom. The summed E-state index contributed by atoms with van der Waals surface area (Å²) in [4.78, 5) is 22.6. The first-order valence-corrected chi connectivity index (χ1v) is 22.3. The minimum absolute atomic E-state index is 0.00869. The highest BCUT2D eigenvalue weighted by molar-refractivity contribution is 7.47. The Kier molecular flexibility index (Phi) is 34.2. The molecule has 0 aliphatic heterocycles. The molecular weight excluding hydrogens is 637 g/mol. The van der Waals surface area contributed by atoms with E-state index in [2.05, 4.69) is 13.8 Å². The predicted molar refractivity (Wildman–Crippen MR) is 206 cm³/mol. The standard InChI is InChI=1S/C40H82NO7P/c1-6-8-10-12-14-16-18-20-22-24-26-28-30-32-35-45-39(38-48-49(43,44)47-36-34-41(3,4)5)37-46-40(42)33-31-29-27-25-23-21-19-17-15-13-11-9-7-2/h39H,6-38H2,1-5H3/p+1. The minimum atomic E-state index is -4.23. The molecule has 0 amide bonds. The first-order chi connectivity index (χ1) is 23.6. The highest BCUT2D eigenvalue weighted by atomic mass is 31.2. The first-order valence-electron chi connectivity index (χ1n) is 20.8. The molecule has 2 unspecified atom stereocenters. The maximum atomic E-state index is 12.4. The number of quaternary nitrogens is 1. The molecular formula is C40H83NO7P+. The zero-order valence-corrected chi connectivity index (χ0v) is 34.1. The lowest BCUT2D eigenvalue weighted by atomic mass is 10.0. The maximum Gasteiger partial charge on any atom is 0.472 e. The van der Waals surface area contributed by atoms with Crippen LogP contribution in [0.15, 0.2) is 0 Å². The summed E-state index contributed by atoms with van der Waals surface area (Å²) in [5.41, 5.74) is 0. The van der Waals surface area contributed by atoms with E-state index in [1.54, 1.807) is 0 Å². The van der Waals surface area contributed by atoms with Crippen molar-refractivity contribution in [2.24, 2.45) is 0 Å². The van der Waals surface area contributed by atoms with Gasteiger partial charge in [-0.15, -0.1) is 0 Å². The summed E-state index contributed by atoms with van der Waals surface area (Å²) in [5, 5.41) is 0. The van der Waals surface area contributed by atoms with Crippen LogP contribution in [0.3, 0.4) is 0 Å². The van der Waals surface area contributed by atoms with Gasteiger partial charge in [0, 0.05) is 13.0 Å². The predicted octanol–water partition coefficient (Wildman–Crippen LogP) is 11.7. The Morgan fingerprint density at radius 3 is 1.35 bits per heavy atom. The van der Waals surface area contributed by atoms with Crippen molar-refractivity contribution < 1.29 is 37.3 Å². The van der Waals surface area contributed by atoms with Gasteiger partial charge in [-0.05, 0) is 12.8 Å². The third kappa shape index (κ3) is 38.6. The van der Waals surface area contributed by atoms with Crippen LogP contribution >= 0.6 is 7.82 Å². The van der Waals surface area contributed by atoms with Crippen molar-refractivity contribution in [2.45, 2.75) is 200 Å². The van der Waals surface area contributed by atoms with Crippen LogP contribution in [0.25, 0.3) is 0 Å². The summed E-state index contributed by atoms with van der Waals surface area (Å²) in [7, 11) is 1.73. The Balaban J connectivity index is 4.22. The molecule has 1 N–H and O–H groups in total. The van der Waals surface area contributed by atoms with Crippen LogP contribution in [0.1, 0.15) is 194 Å². The number of unbranched alkanes of at least 4 members (excludes halogenated alkanes) is 25. The lowest BCUT2D eigenvalue weighted by Gasteiger charge is -2.24. The number of likely N-dealkylation sites (N-methyl/N-ethyl adjacent to an activating group) is 1. The molecule has 0 saturated heterocycles. The normalized spacial score (nSPS) is 13.8. The summed E-state index contributed by atoms with van der Waals surface area (Å²) in [5.74, 6) is -0.250. The molecule has 0 saturated carbocycles. The van der Waals surface area contributed by atoms with Crippen molar-refractivity contribution >= 4 is 13.8 Å². The molecule has 0 aromatic rings. The van der Waals surface area contributed by atoms with Gasteiger partial charge in [0.25, 0.3) is 0 Å². The van der Waals surface area contributed by atoms with Crippen molar-refractivity contribution in [1.29, 1.82) is 0 Å². The molecule has 49 heavy (non-hydrogen) atoms. The van der Waals surface area contributed by atoms with Crippen molar-refractivity contribution in [3.63, 3.8) is 0 Å². The highest BCUT2D eigenvalue weighted by Crippen LogP contribution is 2.43. The minimum Gasteiger partial charge on any atom is -0.463 e. The SMILES string of the molecule is CCCCCCCCCCCCCCCCOC(COC(=O)CCCCCCCCCCCCCCC)COP(=O)(O)OCC[N+](C)(C)C. The number of phosphoric acid groups is 1. The zero-order chi connectivity index (χ0) is 36.3. The van der Waals surface area contributed by atoms with E-state index in [0.29, 0.717) is 24.1 Å². The monoisotopic (exact) mass is 721 g/mol. The fraction of sp³-hybridized carbons (Fsp3) is 0.975. The van der Waals surface area contributed by atoms with Gasteiger partial charge in [-0.2, -0.15) is 0 Å². The van der Waals surface area contributed by atoms with Crippen molar-refractivity contribution in [1.82, 2.24) is 0 Å². The van der Waals surface area contributed by atoms with E-state index in [4.69, 9.17) is 18.5 Å². The number of phosphoric ester groups is 1. The molecule has 0 aliphatic carbocycles. The molecule has 0 bridgehead atoms. The zero-order valence-electron chi connectivity index (χ0n) is 33.2. The second kappa shape index (κ2) is 34.6. The van der Waals surface area contributed by atoms with Gasteiger partial charge in [-0.3, -0.25) is 13.8 Å². The van der Waals surface area contributed by atoms with Crippen LogP contribution in [0.2, 0.25) is 0 Å². The fourth-order valence-electron chi connectivity index (χ4n) is 5.88. The molecule has 0 spiro atoms. The van der Waals surface area contributed by atoms with Crippen LogP contribution in [-0.4, -0.2) is 75.6 Å². The van der Waals surface area contributed by atoms with E-state index in [9.17, 15) is 14.3 Å². The van der Waals surface area contributed by atoms with Gasteiger partial charge in [-0.25, -0.2) is 4.57 Å². The molecule has 0 aromatic carbocycles. The first kappa shape index (κ1) is 48.5. The van der Waals surface area contributed by atoms with Crippen LogP contribution < -0.4 is 0 Å². The molecule has 0 aromatic heterocycles. The lowest BCUT2D eigenvalue weighted by molar-refractivity contribution is -0.870. The van der Waals surface area contributed by atoms with Gasteiger partial charge in [0.1, 0.15) is 25.9 Å². The molecule has 0 rings (SSSR count). The molecule has 9 heteroatoms. The van der Waals surface area contributed by atoms with Crippen LogP contribution in [0.5, 0.6) is 0 Å².